The van der Waals surface area contributed by atoms with Gasteiger partial charge in [-0.1, -0.05) is 0 Å². The van der Waals surface area contributed by atoms with Crippen molar-refractivity contribution in [3.05, 3.63) is 0 Å². The van der Waals surface area contributed by atoms with E-state index in [0.717, 1.165) is 0 Å². The Balaban J connectivity index is 3.42. The molecule has 0 rings (SSSR count). The van der Waals surface area contributed by atoms with E-state index in [1.807, 2.05) is 20.8 Å². The maximum atomic E-state index is 9.61. The molecule has 0 heterocycles. The van der Waals surface area contributed by atoms with Gasteiger partial charge in [-0.25, -0.2) is 0 Å². The lowest BCUT2D eigenvalue weighted by atomic mass is 10.2. The Hall–Kier alpha value is -0.200. The number of nitrogens with one attached hydrogen (secondary N) is 1. The molecule has 104 valence electrons. The molecule has 0 amide bonds. The number of methoxy groups -OCH3 is 1. The highest BCUT2D eigenvalue weighted by Gasteiger charge is 2.13. The number of hydrogen-bond acceptors (Lipinski definition) is 5. The number of aliphatic hydroxyl groups excluding tert-OH is 2. The third-order valence-corrected chi connectivity index (χ3v) is 2.10. The zero-order chi connectivity index (χ0) is 13.3. The Bertz CT molecular complexity index is 182. The second kappa shape index (κ2) is 8.83. The quantitative estimate of drug-likeness (QED) is 0.507. The summed E-state index contributed by atoms with van der Waals surface area (Å²) >= 11 is 0. The molecule has 0 aromatic heterocycles. The first-order chi connectivity index (χ1) is 7.85. The van der Waals surface area contributed by atoms with Crippen molar-refractivity contribution in [1.29, 1.82) is 0 Å². The molecule has 0 radical (unpaired) electrons. The number of rotatable bonds is 9. The lowest BCUT2D eigenvalue weighted by Crippen LogP contribution is -2.35. The largest absolute Gasteiger partial charge is 0.391 e. The maximum Gasteiger partial charge on any atom is 0.0897 e. The summed E-state index contributed by atoms with van der Waals surface area (Å²) in [6.07, 6.45) is -0.356. The van der Waals surface area contributed by atoms with Crippen LogP contribution in [0.25, 0.3) is 0 Å². The molecule has 2 atom stereocenters. The molecule has 5 heteroatoms. The molecule has 0 saturated carbocycles. The van der Waals surface area contributed by atoms with Crippen molar-refractivity contribution in [2.45, 2.75) is 45.0 Å². The van der Waals surface area contributed by atoms with Crippen LogP contribution in [0.1, 0.15) is 27.2 Å². The zero-order valence-electron chi connectivity index (χ0n) is 11.4. The SMILES string of the molecule is COCC(O)CCNCC(O)COC(C)(C)C. The lowest BCUT2D eigenvalue weighted by molar-refractivity contribution is -0.0479. The maximum absolute atomic E-state index is 9.61. The van der Waals surface area contributed by atoms with Crippen molar-refractivity contribution in [2.75, 3.05) is 33.4 Å². The third kappa shape index (κ3) is 12.1. The average Bonchev–Trinajstić information content (AvgIpc) is 2.21. The zero-order valence-corrected chi connectivity index (χ0v) is 11.4. The molecule has 0 fully saturated rings. The minimum absolute atomic E-state index is 0.227. The van der Waals surface area contributed by atoms with E-state index in [0.29, 0.717) is 32.7 Å². The van der Waals surface area contributed by atoms with E-state index >= 15 is 0 Å². The number of hydrogen-bond donors (Lipinski definition) is 3. The van der Waals surface area contributed by atoms with Gasteiger partial charge in [-0.3, -0.25) is 0 Å². The molecular formula is C12H27NO4. The fourth-order valence-corrected chi connectivity index (χ4v) is 1.22. The highest BCUT2D eigenvalue weighted by atomic mass is 16.5. The Morgan fingerprint density at radius 3 is 2.29 bits per heavy atom. The van der Waals surface area contributed by atoms with Crippen LogP contribution < -0.4 is 5.32 Å². The molecule has 0 aromatic rings. The van der Waals surface area contributed by atoms with Crippen LogP contribution in [0.5, 0.6) is 0 Å². The smallest absolute Gasteiger partial charge is 0.0897 e. The minimum atomic E-state index is -0.520. The van der Waals surface area contributed by atoms with Crippen molar-refractivity contribution in [3.8, 4) is 0 Å². The number of ether oxygens (including phenoxy) is 2. The van der Waals surface area contributed by atoms with Crippen LogP contribution in [-0.2, 0) is 9.47 Å². The summed E-state index contributed by atoms with van der Waals surface area (Å²) in [5, 5.41) is 22.0. The predicted molar refractivity (Wildman–Crippen MR) is 67.1 cm³/mol. The van der Waals surface area contributed by atoms with Crippen LogP contribution in [0.3, 0.4) is 0 Å². The summed E-state index contributed by atoms with van der Waals surface area (Å²) in [6.45, 7) is 7.64. The highest BCUT2D eigenvalue weighted by molar-refractivity contribution is 4.65. The van der Waals surface area contributed by atoms with Gasteiger partial charge in [0.05, 0.1) is 31.0 Å². The van der Waals surface area contributed by atoms with Gasteiger partial charge >= 0.3 is 0 Å². The highest BCUT2D eigenvalue weighted by Crippen LogP contribution is 2.06. The standard InChI is InChI=1S/C12H27NO4/c1-12(2,3)17-9-11(15)7-13-6-5-10(14)8-16-4/h10-11,13-15H,5-9H2,1-4H3. The third-order valence-electron chi connectivity index (χ3n) is 2.10. The summed E-state index contributed by atoms with van der Waals surface area (Å²) < 4.78 is 10.3. The molecule has 0 bridgehead atoms. The van der Waals surface area contributed by atoms with Gasteiger partial charge in [0.25, 0.3) is 0 Å². The molecule has 17 heavy (non-hydrogen) atoms. The van der Waals surface area contributed by atoms with Gasteiger partial charge in [0.15, 0.2) is 0 Å². The Kier molecular flexibility index (Phi) is 8.72. The van der Waals surface area contributed by atoms with Gasteiger partial charge in [-0.2, -0.15) is 0 Å². The van der Waals surface area contributed by atoms with E-state index in [9.17, 15) is 10.2 Å². The molecule has 0 saturated heterocycles. The molecule has 0 aliphatic rings. The Morgan fingerprint density at radius 1 is 1.12 bits per heavy atom. The van der Waals surface area contributed by atoms with Crippen molar-refractivity contribution in [1.82, 2.24) is 5.32 Å². The van der Waals surface area contributed by atoms with Gasteiger partial charge < -0.3 is 25.0 Å². The van der Waals surface area contributed by atoms with Crippen LogP contribution in [0.2, 0.25) is 0 Å². The van der Waals surface area contributed by atoms with Crippen LogP contribution in [0.4, 0.5) is 0 Å². The molecule has 3 N–H and O–H groups in total. The summed E-state index contributed by atoms with van der Waals surface area (Å²) in [4.78, 5) is 0. The summed E-state index contributed by atoms with van der Waals surface area (Å²) in [5.74, 6) is 0. The first-order valence-corrected chi connectivity index (χ1v) is 6.05. The summed E-state index contributed by atoms with van der Waals surface area (Å²) in [7, 11) is 1.56. The normalized spacial score (nSPS) is 15.9. The van der Waals surface area contributed by atoms with Gasteiger partial charge in [0.2, 0.25) is 0 Å². The molecule has 2 unspecified atom stereocenters. The Labute approximate surface area is 104 Å². The van der Waals surface area contributed by atoms with Gasteiger partial charge in [-0.05, 0) is 33.7 Å². The van der Waals surface area contributed by atoms with E-state index < -0.39 is 12.2 Å². The summed E-state index contributed by atoms with van der Waals surface area (Å²) in [6, 6.07) is 0. The van der Waals surface area contributed by atoms with E-state index in [2.05, 4.69) is 5.32 Å². The molecule has 0 aromatic carbocycles. The molecule has 0 aliphatic carbocycles. The lowest BCUT2D eigenvalue weighted by Gasteiger charge is -2.22. The van der Waals surface area contributed by atoms with Crippen molar-refractivity contribution in [3.63, 3.8) is 0 Å². The fourth-order valence-electron chi connectivity index (χ4n) is 1.22. The predicted octanol–water partition coefficient (Wildman–Crippen LogP) is 0.149. The van der Waals surface area contributed by atoms with E-state index in [1.165, 1.54) is 0 Å². The second-order valence-electron chi connectivity index (χ2n) is 5.18. The van der Waals surface area contributed by atoms with E-state index in [4.69, 9.17) is 9.47 Å². The summed E-state index contributed by atoms with van der Waals surface area (Å²) in [5.41, 5.74) is -0.227. The van der Waals surface area contributed by atoms with Crippen LogP contribution in [0, 0.1) is 0 Å². The van der Waals surface area contributed by atoms with Crippen LogP contribution >= 0.6 is 0 Å². The minimum Gasteiger partial charge on any atom is -0.391 e. The topological polar surface area (TPSA) is 71.0 Å². The first kappa shape index (κ1) is 16.8. The average molecular weight is 249 g/mol. The van der Waals surface area contributed by atoms with Gasteiger partial charge in [-0.15, -0.1) is 0 Å². The molecular weight excluding hydrogens is 222 g/mol. The van der Waals surface area contributed by atoms with E-state index in [-0.39, 0.29) is 5.60 Å². The monoisotopic (exact) mass is 249 g/mol. The molecule has 5 nitrogen and oxygen atoms in total. The van der Waals surface area contributed by atoms with E-state index in [1.54, 1.807) is 7.11 Å². The van der Waals surface area contributed by atoms with Crippen molar-refractivity contribution >= 4 is 0 Å². The molecule has 0 aliphatic heterocycles. The van der Waals surface area contributed by atoms with Gasteiger partial charge in [0.1, 0.15) is 0 Å². The van der Waals surface area contributed by atoms with Crippen LogP contribution in [-0.4, -0.2) is 61.4 Å². The van der Waals surface area contributed by atoms with Gasteiger partial charge in [0, 0.05) is 13.7 Å². The van der Waals surface area contributed by atoms with Crippen LogP contribution in [0.15, 0.2) is 0 Å². The van der Waals surface area contributed by atoms with Crippen molar-refractivity contribution < 1.29 is 19.7 Å². The Morgan fingerprint density at radius 2 is 1.76 bits per heavy atom. The van der Waals surface area contributed by atoms with Crippen molar-refractivity contribution in [2.24, 2.45) is 0 Å². The second-order valence-corrected chi connectivity index (χ2v) is 5.18. The first-order valence-electron chi connectivity index (χ1n) is 6.05. The molecule has 0 spiro atoms. The number of aliphatic hydroxyl groups is 2. The fraction of sp³-hybridized carbons (Fsp3) is 1.00.